The Balaban J connectivity index is 1.34. The van der Waals surface area contributed by atoms with Gasteiger partial charge < -0.3 is 25.2 Å². The van der Waals surface area contributed by atoms with Gasteiger partial charge in [0.15, 0.2) is 5.82 Å². The predicted octanol–water partition coefficient (Wildman–Crippen LogP) is 2.81. The van der Waals surface area contributed by atoms with E-state index in [1.54, 1.807) is 19.1 Å². The molecular formula is C27H37N5O5. The van der Waals surface area contributed by atoms with Crippen LogP contribution in [0.25, 0.3) is 0 Å². The molecule has 0 saturated carbocycles. The lowest BCUT2D eigenvalue weighted by Crippen LogP contribution is -2.50. The second kappa shape index (κ2) is 12.2. The van der Waals surface area contributed by atoms with Gasteiger partial charge >= 0.3 is 0 Å². The first-order valence-electron chi connectivity index (χ1n) is 13.1. The van der Waals surface area contributed by atoms with Crippen molar-refractivity contribution in [2.45, 2.75) is 52.4 Å². The van der Waals surface area contributed by atoms with E-state index >= 15 is 0 Å². The summed E-state index contributed by atoms with van der Waals surface area (Å²) < 4.78 is 11.0. The molecule has 10 heteroatoms. The van der Waals surface area contributed by atoms with Crippen LogP contribution in [0.3, 0.4) is 0 Å². The number of likely N-dealkylation sites (tertiary alicyclic amines) is 1. The monoisotopic (exact) mass is 511 g/mol. The molecule has 1 fully saturated rings. The van der Waals surface area contributed by atoms with Crippen LogP contribution in [0.4, 0.5) is 5.82 Å². The van der Waals surface area contributed by atoms with Crippen molar-refractivity contribution in [1.29, 1.82) is 0 Å². The van der Waals surface area contributed by atoms with Gasteiger partial charge in [-0.25, -0.2) is 0 Å². The van der Waals surface area contributed by atoms with Gasteiger partial charge in [-0.1, -0.05) is 23.7 Å². The number of aryl methyl sites for hydroxylation is 2. The van der Waals surface area contributed by atoms with Gasteiger partial charge in [-0.3, -0.25) is 19.3 Å². The standard InChI is InChI=1S/C27H37N5O5/c1-19-7-5-8-21-24(19)36-16-6-13-29-26(35)27(9-3-4-12-28-25(21)34)10-14-32(15-11-27)18-23(33)30-22-17-20(2)37-31-22/h5,7-8,17H,3-4,6,9-16,18H2,1-2H3,(H,28,34)(H,29,35)(H,30,31,33). The highest BCUT2D eigenvalue weighted by Gasteiger charge is 2.40. The van der Waals surface area contributed by atoms with E-state index in [1.165, 1.54) is 0 Å². The predicted molar refractivity (Wildman–Crippen MR) is 138 cm³/mol. The van der Waals surface area contributed by atoms with Gasteiger partial charge in [0, 0.05) is 19.2 Å². The minimum absolute atomic E-state index is 0.0742. The summed E-state index contributed by atoms with van der Waals surface area (Å²) >= 11 is 0. The van der Waals surface area contributed by atoms with Crippen molar-refractivity contribution < 1.29 is 23.6 Å². The van der Waals surface area contributed by atoms with E-state index in [2.05, 4.69) is 26.0 Å². The molecule has 0 atom stereocenters. The molecule has 2 aliphatic heterocycles. The molecule has 37 heavy (non-hydrogen) atoms. The minimum Gasteiger partial charge on any atom is -0.492 e. The number of piperidine rings is 1. The van der Waals surface area contributed by atoms with E-state index in [9.17, 15) is 14.4 Å². The number of amides is 3. The summed E-state index contributed by atoms with van der Waals surface area (Å²) in [5.41, 5.74) is 0.989. The molecule has 3 N–H and O–H groups in total. The van der Waals surface area contributed by atoms with E-state index in [0.29, 0.717) is 74.9 Å². The van der Waals surface area contributed by atoms with E-state index in [1.807, 2.05) is 19.1 Å². The number of carbonyl (C=O) groups excluding carboxylic acids is 3. The maximum Gasteiger partial charge on any atom is 0.255 e. The molecule has 0 aliphatic carbocycles. The molecule has 200 valence electrons. The summed E-state index contributed by atoms with van der Waals surface area (Å²) in [5.74, 6) is 1.44. The molecule has 1 spiro atoms. The number of nitrogens with one attached hydrogen (secondary N) is 3. The highest BCUT2D eigenvalue weighted by Crippen LogP contribution is 2.37. The van der Waals surface area contributed by atoms with Gasteiger partial charge in [-0.05, 0) is 70.7 Å². The topological polar surface area (TPSA) is 126 Å². The minimum atomic E-state index is -0.471. The quantitative estimate of drug-likeness (QED) is 0.579. The lowest BCUT2D eigenvalue weighted by Gasteiger charge is -2.40. The van der Waals surface area contributed by atoms with Crippen molar-refractivity contribution >= 4 is 23.5 Å². The summed E-state index contributed by atoms with van der Waals surface area (Å²) in [6.07, 6.45) is 4.37. The van der Waals surface area contributed by atoms with E-state index in [-0.39, 0.29) is 24.3 Å². The van der Waals surface area contributed by atoms with Gasteiger partial charge in [0.1, 0.15) is 11.5 Å². The summed E-state index contributed by atoms with van der Waals surface area (Å²) in [4.78, 5) is 40.7. The number of anilines is 1. The molecule has 4 rings (SSSR count). The Labute approximate surface area is 217 Å². The molecule has 3 amide bonds. The Morgan fingerprint density at radius 1 is 1.08 bits per heavy atom. The van der Waals surface area contributed by atoms with E-state index in [0.717, 1.165) is 24.8 Å². The first-order chi connectivity index (χ1) is 17.9. The van der Waals surface area contributed by atoms with Crippen molar-refractivity contribution in [1.82, 2.24) is 20.7 Å². The van der Waals surface area contributed by atoms with Crippen LogP contribution in [0.2, 0.25) is 0 Å². The van der Waals surface area contributed by atoms with Crippen molar-refractivity contribution in [2.24, 2.45) is 5.41 Å². The van der Waals surface area contributed by atoms with Crippen molar-refractivity contribution in [3.05, 3.63) is 41.2 Å². The molecule has 0 radical (unpaired) electrons. The number of aromatic nitrogens is 1. The molecular weight excluding hydrogens is 474 g/mol. The number of fused-ring (bicyclic) bond motifs is 1. The second-order valence-electron chi connectivity index (χ2n) is 10.0. The number of para-hydroxylation sites is 1. The third-order valence-corrected chi connectivity index (χ3v) is 7.23. The number of benzene rings is 1. The fraction of sp³-hybridized carbons (Fsp3) is 0.556. The van der Waals surface area contributed by atoms with Gasteiger partial charge in [0.2, 0.25) is 11.8 Å². The first kappa shape index (κ1) is 26.7. The second-order valence-corrected chi connectivity index (χ2v) is 10.0. The number of rotatable bonds is 3. The van der Waals surface area contributed by atoms with Crippen LogP contribution in [-0.2, 0) is 9.59 Å². The summed E-state index contributed by atoms with van der Waals surface area (Å²) in [6.45, 7) is 6.72. The van der Waals surface area contributed by atoms with Crippen LogP contribution in [-0.4, -0.2) is 67.1 Å². The largest absolute Gasteiger partial charge is 0.492 e. The van der Waals surface area contributed by atoms with Gasteiger partial charge in [-0.2, -0.15) is 0 Å². The van der Waals surface area contributed by atoms with Crippen LogP contribution in [0, 0.1) is 19.3 Å². The van der Waals surface area contributed by atoms with E-state index < -0.39 is 5.41 Å². The number of ether oxygens (including phenoxy) is 1. The Kier molecular flexibility index (Phi) is 8.81. The fourth-order valence-electron chi connectivity index (χ4n) is 5.08. The van der Waals surface area contributed by atoms with Crippen LogP contribution in [0.5, 0.6) is 5.75 Å². The fourth-order valence-corrected chi connectivity index (χ4v) is 5.08. The number of nitrogens with zero attached hydrogens (tertiary/aromatic N) is 2. The maximum absolute atomic E-state index is 13.4. The number of hydrogen-bond acceptors (Lipinski definition) is 7. The molecule has 1 aromatic carbocycles. The normalized spacial score (nSPS) is 19.5. The Morgan fingerprint density at radius 3 is 2.62 bits per heavy atom. The SMILES string of the molecule is Cc1cc(NC(=O)CN2CCC3(CCCCNC(=O)c4cccc(C)c4OCCCNC3=O)CC2)no1. The molecule has 2 aromatic rings. The molecule has 2 aliphatic rings. The third kappa shape index (κ3) is 6.88. The maximum atomic E-state index is 13.4. The van der Waals surface area contributed by atoms with Gasteiger partial charge in [0.25, 0.3) is 5.91 Å². The zero-order valence-electron chi connectivity index (χ0n) is 21.7. The zero-order valence-corrected chi connectivity index (χ0v) is 21.7. The van der Waals surface area contributed by atoms with E-state index in [4.69, 9.17) is 9.26 Å². The molecule has 10 nitrogen and oxygen atoms in total. The lowest BCUT2D eigenvalue weighted by molar-refractivity contribution is -0.134. The molecule has 3 heterocycles. The van der Waals surface area contributed by atoms with Gasteiger partial charge in [-0.15, -0.1) is 0 Å². The molecule has 0 unspecified atom stereocenters. The molecule has 0 bridgehead atoms. The molecule has 1 aromatic heterocycles. The lowest BCUT2D eigenvalue weighted by atomic mass is 9.73. The highest BCUT2D eigenvalue weighted by atomic mass is 16.5. The van der Waals surface area contributed by atoms with Crippen molar-refractivity contribution in [2.75, 3.05) is 44.6 Å². The zero-order chi connectivity index (χ0) is 26.3. The van der Waals surface area contributed by atoms with Crippen LogP contribution in [0.1, 0.15) is 60.2 Å². The van der Waals surface area contributed by atoms with Crippen molar-refractivity contribution in [3.8, 4) is 5.75 Å². The van der Waals surface area contributed by atoms with Crippen LogP contribution in [0.15, 0.2) is 28.8 Å². The highest BCUT2D eigenvalue weighted by molar-refractivity contribution is 5.97. The Hall–Kier alpha value is -3.40. The molecule has 1 saturated heterocycles. The van der Waals surface area contributed by atoms with Crippen LogP contribution >= 0.6 is 0 Å². The van der Waals surface area contributed by atoms with Crippen molar-refractivity contribution in [3.63, 3.8) is 0 Å². The number of carbonyl (C=O) groups is 3. The summed E-state index contributed by atoms with van der Waals surface area (Å²) in [5, 5.41) is 12.7. The summed E-state index contributed by atoms with van der Waals surface area (Å²) in [6, 6.07) is 7.25. The van der Waals surface area contributed by atoms with Crippen LogP contribution < -0.4 is 20.7 Å². The summed E-state index contributed by atoms with van der Waals surface area (Å²) in [7, 11) is 0. The Morgan fingerprint density at radius 2 is 1.86 bits per heavy atom. The average Bonchev–Trinajstić information content (AvgIpc) is 3.28. The first-order valence-corrected chi connectivity index (χ1v) is 13.1. The number of hydrogen-bond donors (Lipinski definition) is 3. The third-order valence-electron chi connectivity index (χ3n) is 7.23. The average molecular weight is 512 g/mol. The Bertz CT molecular complexity index is 1110. The van der Waals surface area contributed by atoms with Gasteiger partial charge in [0.05, 0.1) is 24.1 Å². The smallest absolute Gasteiger partial charge is 0.255 e.